The molecule has 1 amide bonds. The average molecular weight is 380 g/mol. The van der Waals surface area contributed by atoms with Gasteiger partial charge in [-0.15, -0.1) is 37.2 Å². The fourth-order valence-corrected chi connectivity index (χ4v) is 2.67. The highest BCUT2D eigenvalue weighted by molar-refractivity contribution is 5.86. The van der Waals surface area contributed by atoms with Crippen LogP contribution in [0.25, 0.3) is 0 Å². The van der Waals surface area contributed by atoms with Crippen LogP contribution in [-0.4, -0.2) is 68.6 Å². The second kappa shape index (κ2) is 12.6. The van der Waals surface area contributed by atoms with Crippen molar-refractivity contribution in [3.8, 4) is 0 Å². The summed E-state index contributed by atoms with van der Waals surface area (Å²) in [6.45, 7) is 8.36. The number of hydrogen-bond donors (Lipinski definition) is 2. The molecular formula is C14H33Cl3N4O. The predicted molar refractivity (Wildman–Crippen MR) is 101 cm³/mol. The van der Waals surface area contributed by atoms with Gasteiger partial charge in [0.15, 0.2) is 0 Å². The van der Waals surface area contributed by atoms with E-state index < -0.39 is 0 Å². The monoisotopic (exact) mass is 378 g/mol. The molecule has 5 nitrogen and oxygen atoms in total. The van der Waals surface area contributed by atoms with Crippen molar-refractivity contribution in [1.29, 1.82) is 0 Å². The molecule has 0 aromatic heterocycles. The molecule has 0 spiro atoms. The zero-order valence-corrected chi connectivity index (χ0v) is 16.6. The fraction of sp³-hybridized carbons (Fsp3) is 0.929. The van der Waals surface area contributed by atoms with E-state index in [0.717, 1.165) is 32.5 Å². The van der Waals surface area contributed by atoms with Crippen LogP contribution < -0.4 is 11.1 Å². The Morgan fingerprint density at radius 1 is 1.18 bits per heavy atom. The van der Waals surface area contributed by atoms with Crippen LogP contribution in [0.4, 0.5) is 0 Å². The van der Waals surface area contributed by atoms with E-state index in [-0.39, 0.29) is 48.5 Å². The van der Waals surface area contributed by atoms with Crippen molar-refractivity contribution in [3.63, 3.8) is 0 Å². The number of nitrogens with one attached hydrogen (secondary N) is 1. The minimum atomic E-state index is -0.390. The second-order valence-electron chi connectivity index (χ2n) is 5.80. The molecule has 0 bridgehead atoms. The van der Waals surface area contributed by atoms with E-state index >= 15 is 0 Å². The summed E-state index contributed by atoms with van der Waals surface area (Å²) in [7, 11) is 4.25. The Hall–Kier alpha value is 0.220. The van der Waals surface area contributed by atoms with Gasteiger partial charge in [0, 0.05) is 38.8 Å². The number of nitrogens with zero attached hydrogens (tertiary/aromatic N) is 2. The van der Waals surface area contributed by atoms with Gasteiger partial charge in [-0.05, 0) is 26.9 Å². The topological polar surface area (TPSA) is 61.6 Å². The van der Waals surface area contributed by atoms with Crippen molar-refractivity contribution in [2.45, 2.75) is 32.7 Å². The van der Waals surface area contributed by atoms with Gasteiger partial charge >= 0.3 is 0 Å². The van der Waals surface area contributed by atoms with Crippen LogP contribution in [0.3, 0.4) is 0 Å². The number of carbonyl (C=O) groups is 1. The van der Waals surface area contributed by atoms with E-state index in [0.29, 0.717) is 19.1 Å². The van der Waals surface area contributed by atoms with Gasteiger partial charge in [-0.2, -0.15) is 0 Å². The number of hydrogen-bond acceptors (Lipinski definition) is 4. The van der Waals surface area contributed by atoms with Crippen molar-refractivity contribution in [2.24, 2.45) is 11.1 Å². The molecule has 0 aliphatic carbocycles. The van der Waals surface area contributed by atoms with Gasteiger partial charge in [0.1, 0.15) is 0 Å². The molecule has 1 atom stereocenters. The highest BCUT2D eigenvalue weighted by Gasteiger charge is 2.34. The molecule has 1 aliphatic rings. The molecule has 0 saturated carbocycles. The van der Waals surface area contributed by atoms with E-state index in [4.69, 9.17) is 5.73 Å². The van der Waals surface area contributed by atoms with Crippen molar-refractivity contribution in [2.75, 3.05) is 46.8 Å². The molecule has 22 heavy (non-hydrogen) atoms. The van der Waals surface area contributed by atoms with Gasteiger partial charge in [0.25, 0.3) is 0 Å². The molecule has 0 aromatic carbocycles. The molecule has 8 heteroatoms. The van der Waals surface area contributed by atoms with Crippen LogP contribution in [0.2, 0.25) is 0 Å². The SMILES string of the molecule is CCC(CC)(CN)C(=O)NCC1CN(C)CCN1C.Cl.Cl.Cl. The van der Waals surface area contributed by atoms with Gasteiger partial charge < -0.3 is 16.0 Å². The van der Waals surface area contributed by atoms with Gasteiger partial charge in [0.05, 0.1) is 5.41 Å². The lowest BCUT2D eigenvalue weighted by Gasteiger charge is -2.38. The number of nitrogens with two attached hydrogens (primary N) is 1. The first-order chi connectivity index (χ1) is 8.99. The molecule has 0 radical (unpaired) electrons. The summed E-state index contributed by atoms with van der Waals surface area (Å²) in [5.41, 5.74) is 5.42. The lowest BCUT2D eigenvalue weighted by molar-refractivity contribution is -0.131. The largest absolute Gasteiger partial charge is 0.354 e. The first-order valence-electron chi connectivity index (χ1n) is 7.36. The molecule has 1 rings (SSSR count). The highest BCUT2D eigenvalue weighted by atomic mass is 35.5. The maximum Gasteiger partial charge on any atom is 0.227 e. The third-order valence-electron chi connectivity index (χ3n) is 4.70. The van der Waals surface area contributed by atoms with E-state index in [9.17, 15) is 4.79 Å². The van der Waals surface area contributed by atoms with Gasteiger partial charge in [-0.1, -0.05) is 13.8 Å². The van der Waals surface area contributed by atoms with Crippen molar-refractivity contribution in [3.05, 3.63) is 0 Å². The number of rotatable bonds is 6. The first kappa shape index (κ1) is 27.1. The number of likely N-dealkylation sites (N-methyl/N-ethyl adjacent to an activating group) is 2. The molecule has 1 saturated heterocycles. The quantitative estimate of drug-likeness (QED) is 0.732. The fourth-order valence-electron chi connectivity index (χ4n) is 2.67. The summed E-state index contributed by atoms with van der Waals surface area (Å²) in [4.78, 5) is 17.0. The molecule has 136 valence electrons. The molecule has 1 fully saturated rings. The van der Waals surface area contributed by atoms with Gasteiger partial charge in [0.2, 0.25) is 5.91 Å². The Kier molecular flexibility index (Phi) is 15.5. The number of amides is 1. The van der Waals surface area contributed by atoms with E-state index in [1.165, 1.54) is 0 Å². The van der Waals surface area contributed by atoms with Crippen LogP contribution in [0.5, 0.6) is 0 Å². The smallest absolute Gasteiger partial charge is 0.227 e. The van der Waals surface area contributed by atoms with Crippen LogP contribution in [0, 0.1) is 5.41 Å². The summed E-state index contributed by atoms with van der Waals surface area (Å²) in [5, 5.41) is 3.11. The summed E-state index contributed by atoms with van der Waals surface area (Å²) in [5.74, 6) is 0.113. The Bertz CT molecular complexity index is 296. The molecule has 1 aliphatic heterocycles. The third kappa shape index (κ3) is 6.77. The standard InChI is InChI=1S/C14H30N4O.3ClH/c1-5-14(6-2,11-15)13(19)16-9-12-10-17(3)7-8-18(12)4;;;/h12H,5-11,15H2,1-4H3,(H,16,19);3*1H. The minimum Gasteiger partial charge on any atom is -0.354 e. The summed E-state index contributed by atoms with van der Waals surface area (Å²) in [6.07, 6.45) is 1.60. The van der Waals surface area contributed by atoms with E-state index in [1.54, 1.807) is 0 Å². The molecule has 1 unspecified atom stereocenters. The Morgan fingerprint density at radius 2 is 1.73 bits per heavy atom. The van der Waals surface area contributed by atoms with Crippen LogP contribution in [0.1, 0.15) is 26.7 Å². The number of carbonyl (C=O) groups excluding carboxylic acids is 1. The van der Waals surface area contributed by atoms with Crippen LogP contribution in [0.15, 0.2) is 0 Å². The number of halogens is 3. The van der Waals surface area contributed by atoms with Crippen molar-refractivity contribution in [1.82, 2.24) is 15.1 Å². The minimum absolute atomic E-state index is 0. The lowest BCUT2D eigenvalue weighted by Crippen LogP contribution is -2.56. The van der Waals surface area contributed by atoms with Gasteiger partial charge in [-0.25, -0.2) is 0 Å². The Morgan fingerprint density at radius 3 is 2.18 bits per heavy atom. The zero-order chi connectivity index (χ0) is 14.5. The zero-order valence-electron chi connectivity index (χ0n) is 14.1. The lowest BCUT2D eigenvalue weighted by atomic mass is 9.81. The van der Waals surface area contributed by atoms with E-state index in [2.05, 4.69) is 29.2 Å². The Balaban J connectivity index is -0.00000120. The predicted octanol–water partition coefficient (Wildman–Crippen LogP) is 1.38. The van der Waals surface area contributed by atoms with Gasteiger partial charge in [-0.3, -0.25) is 9.69 Å². The molecular weight excluding hydrogens is 347 g/mol. The third-order valence-corrected chi connectivity index (χ3v) is 4.70. The van der Waals surface area contributed by atoms with Crippen molar-refractivity contribution >= 4 is 43.1 Å². The first-order valence-corrected chi connectivity index (χ1v) is 7.36. The van der Waals surface area contributed by atoms with Crippen molar-refractivity contribution < 1.29 is 4.79 Å². The van der Waals surface area contributed by atoms with Crippen LogP contribution >= 0.6 is 37.2 Å². The maximum atomic E-state index is 12.4. The van der Waals surface area contributed by atoms with Crippen LogP contribution in [-0.2, 0) is 4.79 Å². The summed E-state index contributed by atoms with van der Waals surface area (Å²) >= 11 is 0. The average Bonchev–Trinajstić information content (AvgIpc) is 2.42. The molecule has 3 N–H and O–H groups in total. The highest BCUT2D eigenvalue weighted by Crippen LogP contribution is 2.24. The maximum absolute atomic E-state index is 12.4. The molecule has 0 aromatic rings. The number of piperazine rings is 1. The second-order valence-corrected chi connectivity index (χ2v) is 5.80. The molecule has 1 heterocycles. The Labute approximate surface area is 154 Å². The normalized spacial score (nSPS) is 19.4. The summed E-state index contributed by atoms with van der Waals surface area (Å²) in [6, 6.07) is 0.395. The summed E-state index contributed by atoms with van der Waals surface area (Å²) < 4.78 is 0. The van der Waals surface area contributed by atoms with E-state index in [1.807, 2.05) is 13.8 Å².